The van der Waals surface area contributed by atoms with Crippen LogP contribution < -0.4 is 25.6 Å². The van der Waals surface area contributed by atoms with E-state index in [9.17, 15) is 38.9 Å². The lowest BCUT2D eigenvalue weighted by atomic mass is 10.2. The van der Waals surface area contributed by atoms with Crippen LogP contribution in [0, 0.1) is 10.1 Å². The first-order valence-electron chi connectivity index (χ1n) is 21.7. The summed E-state index contributed by atoms with van der Waals surface area (Å²) in [7, 11) is 0. The summed E-state index contributed by atoms with van der Waals surface area (Å²) >= 11 is 0. The molecule has 366 valence electrons. The van der Waals surface area contributed by atoms with Gasteiger partial charge in [0, 0.05) is 28.8 Å². The van der Waals surface area contributed by atoms with Gasteiger partial charge >= 0.3 is 18.3 Å². The molecule has 0 heterocycles. The van der Waals surface area contributed by atoms with Gasteiger partial charge in [0.25, 0.3) is 5.69 Å². The normalized spacial score (nSPS) is 9.57. The molecule has 0 aliphatic rings. The van der Waals surface area contributed by atoms with Crippen molar-refractivity contribution in [1.29, 1.82) is 0 Å². The van der Waals surface area contributed by atoms with Crippen molar-refractivity contribution < 1.29 is 52.6 Å². The minimum absolute atomic E-state index is 0.0124. The number of nitro benzene ring substituents is 1. The summed E-state index contributed by atoms with van der Waals surface area (Å²) in [6.07, 6.45) is 1.88. The van der Waals surface area contributed by atoms with Crippen LogP contribution in [-0.2, 0) is 28.6 Å². The molecule has 0 fully saturated rings. The molecule has 0 aliphatic carbocycles. The minimum Gasteiger partial charge on any atom is -0.487 e. The first-order chi connectivity index (χ1) is 34.1. The Hall–Kier alpha value is -9.35. The van der Waals surface area contributed by atoms with Gasteiger partial charge < -0.3 is 23.8 Å². The zero-order valence-corrected chi connectivity index (χ0v) is 39.2. The highest BCUT2D eigenvalue weighted by Gasteiger charge is 2.15. The fraction of sp³-hybridized carbons (Fsp3) is 0.250. The van der Waals surface area contributed by atoms with E-state index in [2.05, 4.69) is 41.2 Å². The van der Waals surface area contributed by atoms with Gasteiger partial charge in [0.05, 0.1) is 46.8 Å². The summed E-state index contributed by atoms with van der Waals surface area (Å²) < 4.78 is 21.6. The van der Waals surface area contributed by atoms with Crippen molar-refractivity contribution in [2.45, 2.75) is 41.5 Å². The second kappa shape index (κ2) is 33.2. The van der Waals surface area contributed by atoms with Crippen LogP contribution in [0.1, 0.15) is 41.5 Å². The zero-order chi connectivity index (χ0) is 51.5. The van der Waals surface area contributed by atoms with Crippen molar-refractivity contribution in [2.24, 2.45) is 25.2 Å². The van der Waals surface area contributed by atoms with Gasteiger partial charge in [0.1, 0.15) is 32.1 Å². The molecule has 0 saturated heterocycles. The van der Waals surface area contributed by atoms with Gasteiger partial charge in [-0.1, -0.05) is 59.7 Å². The summed E-state index contributed by atoms with van der Waals surface area (Å²) in [5.41, 5.74) is 2.65. The Bertz CT molecular complexity index is 2560. The van der Waals surface area contributed by atoms with Gasteiger partial charge in [0.15, 0.2) is 5.75 Å². The molecule has 0 atom stereocenters. The van der Waals surface area contributed by atoms with Crippen molar-refractivity contribution in [3.05, 3.63) is 125 Å². The lowest BCUT2D eigenvalue weighted by Crippen LogP contribution is -2.33. The molecular weight excluding hydrogens is 909 g/mol. The molecule has 22 heteroatoms. The van der Waals surface area contributed by atoms with Crippen LogP contribution in [0.3, 0.4) is 0 Å². The number of ether oxygens (including phenoxy) is 4. The highest BCUT2D eigenvalue weighted by atomic mass is 16.6. The SMILES string of the molecule is CC.CC.CC.O=C=Nc1cccc(NC(=O)OCCOc2cc([N+](=O)[O-])ccc2N=Nc2ccc(N(CCOC(=O)Nc3cccc(N=C=O)c3)CCOC(=O)Nc3cccc(N=C=O)c3)cc2)c1. The summed E-state index contributed by atoms with van der Waals surface area (Å²) in [4.78, 5) is 92.4. The lowest BCUT2D eigenvalue weighted by Gasteiger charge is -2.24. The number of carbonyl (C=O) groups excluding carboxylic acids is 6. The van der Waals surface area contributed by atoms with Crippen LogP contribution in [0.2, 0.25) is 0 Å². The van der Waals surface area contributed by atoms with E-state index in [1.54, 1.807) is 77.7 Å². The van der Waals surface area contributed by atoms with E-state index in [0.717, 1.165) is 6.07 Å². The number of carbonyl (C=O) groups is 3. The van der Waals surface area contributed by atoms with Gasteiger partial charge in [-0.05, 0) is 84.9 Å². The average molecular weight is 961 g/mol. The molecule has 3 amide bonds. The van der Waals surface area contributed by atoms with Crippen LogP contribution in [0.4, 0.5) is 71.3 Å². The fourth-order valence-corrected chi connectivity index (χ4v) is 5.39. The summed E-state index contributed by atoms with van der Waals surface area (Å²) in [5, 5.41) is 27.5. The molecule has 0 spiro atoms. The Morgan fingerprint density at radius 3 is 1.39 bits per heavy atom. The number of aliphatic imine (C=N–C) groups is 3. The number of nitro groups is 1. The quantitative estimate of drug-likeness (QED) is 0.0125. The molecule has 0 aliphatic heterocycles. The third-order valence-electron chi connectivity index (χ3n) is 8.21. The second-order valence-electron chi connectivity index (χ2n) is 12.5. The number of hydrogen-bond donors (Lipinski definition) is 3. The third-order valence-corrected chi connectivity index (χ3v) is 8.21. The molecular formula is C48H52N10O12. The minimum atomic E-state index is -0.830. The van der Waals surface area contributed by atoms with Crippen LogP contribution in [0.5, 0.6) is 5.75 Å². The predicted molar refractivity (Wildman–Crippen MR) is 263 cm³/mol. The topological polar surface area (TPSA) is 284 Å². The molecule has 0 aromatic heterocycles. The largest absolute Gasteiger partial charge is 0.487 e. The number of nitrogens with one attached hydrogen (secondary N) is 3. The zero-order valence-electron chi connectivity index (χ0n) is 39.2. The Kier molecular flexibility index (Phi) is 26.9. The lowest BCUT2D eigenvalue weighted by molar-refractivity contribution is -0.384. The van der Waals surface area contributed by atoms with Crippen molar-refractivity contribution in [3.63, 3.8) is 0 Å². The maximum Gasteiger partial charge on any atom is 0.411 e. The molecule has 0 saturated carbocycles. The fourth-order valence-electron chi connectivity index (χ4n) is 5.39. The standard InChI is InChI=1S/C42H34N10O12.3C2H6/c53-26-43-30-4-1-7-33(22-30)46-40(56)62-18-16-51(17-19-63-41(57)47-34-8-2-5-31(23-34)44-27-54)36-12-10-29(11-13-36)49-50-38-15-14-37(52(59)60)25-39(38)61-20-21-64-42(58)48-35-9-3-6-32(24-35)45-28-55;3*1-2/h1-15,22-25H,16-21H2,(H,46,56)(H,47,57)(H,48,58);3*1-2H3. The number of rotatable bonds is 20. The molecule has 70 heavy (non-hydrogen) atoms. The van der Waals surface area contributed by atoms with E-state index in [0.29, 0.717) is 28.4 Å². The molecule has 3 N–H and O–H groups in total. The summed E-state index contributed by atoms with van der Waals surface area (Å²) in [6.45, 7) is 11.6. The van der Waals surface area contributed by atoms with Crippen molar-refractivity contribution in [1.82, 2.24) is 0 Å². The molecule has 0 bridgehead atoms. The van der Waals surface area contributed by atoms with Gasteiger partial charge in [0.2, 0.25) is 18.2 Å². The van der Waals surface area contributed by atoms with Crippen molar-refractivity contribution >= 4 is 93.4 Å². The highest BCUT2D eigenvalue weighted by Crippen LogP contribution is 2.33. The number of isocyanates is 3. The maximum absolute atomic E-state index is 12.6. The predicted octanol–water partition coefficient (Wildman–Crippen LogP) is 11.9. The van der Waals surface area contributed by atoms with Crippen LogP contribution >= 0.6 is 0 Å². The Morgan fingerprint density at radius 2 is 0.971 bits per heavy atom. The number of amides is 3. The number of hydrogen-bond acceptors (Lipinski definition) is 18. The number of nitrogens with zero attached hydrogens (tertiary/aromatic N) is 7. The average Bonchev–Trinajstić information content (AvgIpc) is 3.37. The van der Waals surface area contributed by atoms with E-state index in [4.69, 9.17) is 18.9 Å². The van der Waals surface area contributed by atoms with Crippen molar-refractivity contribution in [2.75, 3.05) is 60.4 Å². The molecule has 0 radical (unpaired) electrons. The molecule has 5 aromatic rings. The maximum atomic E-state index is 12.6. The van der Waals surface area contributed by atoms with Crippen LogP contribution in [0.15, 0.2) is 140 Å². The van der Waals surface area contributed by atoms with Crippen molar-refractivity contribution in [3.8, 4) is 5.75 Å². The first-order valence-corrected chi connectivity index (χ1v) is 21.7. The molecule has 0 unspecified atom stereocenters. The first kappa shape index (κ1) is 56.8. The number of azo groups is 1. The summed E-state index contributed by atoms with van der Waals surface area (Å²) in [6, 6.07) is 28.8. The van der Waals surface area contributed by atoms with Crippen LogP contribution in [0.25, 0.3) is 0 Å². The Labute approximate surface area is 403 Å². The van der Waals surface area contributed by atoms with E-state index in [1.165, 1.54) is 54.6 Å². The number of non-ortho nitro benzene ring substituents is 1. The Balaban J connectivity index is 0.00000269. The van der Waals surface area contributed by atoms with Gasteiger partial charge in [-0.3, -0.25) is 26.1 Å². The van der Waals surface area contributed by atoms with E-state index in [1.807, 2.05) is 41.5 Å². The van der Waals surface area contributed by atoms with E-state index in [-0.39, 0.29) is 73.7 Å². The van der Waals surface area contributed by atoms with E-state index >= 15 is 0 Å². The highest BCUT2D eigenvalue weighted by molar-refractivity contribution is 5.86. The van der Waals surface area contributed by atoms with E-state index < -0.39 is 23.2 Å². The monoisotopic (exact) mass is 960 g/mol. The Morgan fingerprint density at radius 1 is 0.543 bits per heavy atom. The number of benzene rings is 5. The number of anilines is 4. The summed E-state index contributed by atoms with van der Waals surface area (Å²) in [5.74, 6) is -0.0124. The second-order valence-corrected chi connectivity index (χ2v) is 12.5. The van der Waals surface area contributed by atoms with Gasteiger partial charge in [-0.2, -0.15) is 20.1 Å². The molecule has 5 rings (SSSR count). The van der Waals surface area contributed by atoms with Crippen LogP contribution in [-0.4, -0.2) is 81.0 Å². The molecule has 22 nitrogen and oxygen atoms in total. The molecule has 5 aromatic carbocycles. The van der Waals surface area contributed by atoms with Gasteiger partial charge in [-0.15, -0.1) is 5.11 Å². The third kappa shape index (κ3) is 20.9. The van der Waals surface area contributed by atoms with Gasteiger partial charge in [-0.25, -0.2) is 28.8 Å². The smallest absolute Gasteiger partial charge is 0.411 e.